The lowest BCUT2D eigenvalue weighted by Gasteiger charge is -2.28. The average molecular weight is 353 g/mol. The number of aryl methyl sites for hydroxylation is 1. The van der Waals surface area contributed by atoms with Gasteiger partial charge in [-0.05, 0) is 50.5 Å². The average Bonchev–Trinajstić information content (AvgIpc) is 3.09. The number of pyridine rings is 2. The minimum Gasteiger partial charge on any atom is -0.394 e. The first-order valence-corrected chi connectivity index (χ1v) is 9.07. The Bertz CT molecular complexity index is 854. The number of anilines is 4. The van der Waals surface area contributed by atoms with Crippen molar-refractivity contribution >= 4 is 29.0 Å². The molecule has 4 rings (SSSR count). The Morgan fingerprint density at radius 1 is 1.38 bits per heavy atom. The monoisotopic (exact) mass is 353 g/mol. The second-order valence-corrected chi connectivity index (χ2v) is 6.74. The highest BCUT2D eigenvalue weighted by atomic mass is 16.3. The predicted octanol–water partition coefficient (Wildman–Crippen LogP) is 2.47. The van der Waals surface area contributed by atoms with Gasteiger partial charge in [0.2, 0.25) is 0 Å². The van der Waals surface area contributed by atoms with E-state index in [1.807, 2.05) is 24.8 Å². The third-order valence-corrected chi connectivity index (χ3v) is 5.16. The Hall–Kier alpha value is -2.67. The van der Waals surface area contributed by atoms with Gasteiger partial charge in [-0.1, -0.05) is 0 Å². The van der Waals surface area contributed by atoms with E-state index in [9.17, 15) is 9.90 Å². The summed E-state index contributed by atoms with van der Waals surface area (Å²) in [5.41, 5.74) is 2.22. The van der Waals surface area contributed by atoms with Gasteiger partial charge in [-0.2, -0.15) is 0 Å². The highest BCUT2D eigenvalue weighted by Gasteiger charge is 2.31. The number of carbonyl (C=O) groups excluding carboxylic acids is 1. The normalized spacial score (nSPS) is 19.0. The zero-order valence-corrected chi connectivity index (χ0v) is 15.1. The van der Waals surface area contributed by atoms with Gasteiger partial charge in [0, 0.05) is 19.3 Å². The van der Waals surface area contributed by atoms with Gasteiger partial charge in [0.15, 0.2) is 5.82 Å². The molecule has 4 heterocycles. The van der Waals surface area contributed by atoms with E-state index in [0.29, 0.717) is 23.7 Å². The van der Waals surface area contributed by atoms with Crippen molar-refractivity contribution in [3.05, 3.63) is 35.5 Å². The number of aromatic nitrogens is 2. The van der Waals surface area contributed by atoms with Crippen LogP contribution in [0.4, 0.5) is 23.1 Å². The van der Waals surface area contributed by atoms with Crippen LogP contribution < -0.4 is 15.1 Å². The number of hydrogen-bond donors (Lipinski definition) is 2. The van der Waals surface area contributed by atoms with Crippen molar-refractivity contribution in [3.63, 3.8) is 0 Å². The number of nitrogens with zero attached hydrogens (tertiary/aromatic N) is 4. The molecule has 2 N–H and O–H groups in total. The van der Waals surface area contributed by atoms with E-state index in [1.54, 1.807) is 18.3 Å². The molecule has 1 amide bonds. The van der Waals surface area contributed by atoms with E-state index in [1.165, 1.54) is 0 Å². The van der Waals surface area contributed by atoms with E-state index in [0.717, 1.165) is 36.5 Å². The highest BCUT2D eigenvalue weighted by Crippen LogP contribution is 2.39. The van der Waals surface area contributed by atoms with Gasteiger partial charge < -0.3 is 20.2 Å². The first kappa shape index (κ1) is 16.8. The minimum atomic E-state index is -0.169. The largest absolute Gasteiger partial charge is 0.394 e. The van der Waals surface area contributed by atoms with Crippen LogP contribution in [0.25, 0.3) is 0 Å². The number of fused-ring (bicyclic) bond motifs is 2. The molecule has 0 unspecified atom stereocenters. The third-order valence-electron chi connectivity index (χ3n) is 5.16. The minimum absolute atomic E-state index is 0.0980. The lowest BCUT2D eigenvalue weighted by molar-refractivity contribution is 0.102. The summed E-state index contributed by atoms with van der Waals surface area (Å²) in [5.74, 6) is 1.99. The maximum Gasteiger partial charge on any atom is 0.259 e. The van der Waals surface area contributed by atoms with Crippen molar-refractivity contribution in [1.82, 2.24) is 9.97 Å². The number of rotatable bonds is 3. The van der Waals surface area contributed by atoms with Gasteiger partial charge in [0.05, 0.1) is 23.9 Å². The van der Waals surface area contributed by atoms with Gasteiger partial charge >= 0.3 is 0 Å². The van der Waals surface area contributed by atoms with Crippen LogP contribution in [0.3, 0.4) is 0 Å². The van der Waals surface area contributed by atoms with Crippen LogP contribution in [-0.2, 0) is 0 Å². The van der Waals surface area contributed by atoms with Gasteiger partial charge in [0.25, 0.3) is 5.91 Å². The predicted molar refractivity (Wildman–Crippen MR) is 101 cm³/mol. The van der Waals surface area contributed by atoms with E-state index in [4.69, 9.17) is 4.98 Å². The van der Waals surface area contributed by atoms with Crippen LogP contribution in [0.15, 0.2) is 24.4 Å². The van der Waals surface area contributed by atoms with E-state index >= 15 is 0 Å². The molecule has 0 radical (unpaired) electrons. The summed E-state index contributed by atoms with van der Waals surface area (Å²) in [7, 11) is 0. The SMILES string of the molecule is CCN1c2ncccc2C(=O)Nc2c(C)cc(N3CCC[C@H]3CO)nc21. The quantitative estimate of drug-likeness (QED) is 0.882. The van der Waals surface area contributed by atoms with Crippen LogP contribution in [-0.4, -0.2) is 46.7 Å². The molecule has 2 aliphatic heterocycles. The molecule has 0 saturated carbocycles. The van der Waals surface area contributed by atoms with Crippen LogP contribution in [0, 0.1) is 6.92 Å². The molecule has 2 aromatic heterocycles. The van der Waals surface area contributed by atoms with E-state index in [-0.39, 0.29) is 18.6 Å². The fourth-order valence-corrected chi connectivity index (χ4v) is 3.83. The second kappa shape index (κ2) is 6.57. The van der Waals surface area contributed by atoms with E-state index in [2.05, 4.69) is 15.2 Å². The maximum absolute atomic E-state index is 12.7. The molecule has 2 aromatic rings. The lowest BCUT2D eigenvalue weighted by atomic mass is 10.2. The maximum atomic E-state index is 12.7. The topological polar surface area (TPSA) is 81.6 Å². The number of amides is 1. The zero-order valence-electron chi connectivity index (χ0n) is 15.1. The summed E-state index contributed by atoms with van der Waals surface area (Å²) in [6, 6.07) is 5.64. The first-order valence-electron chi connectivity index (χ1n) is 9.07. The summed E-state index contributed by atoms with van der Waals surface area (Å²) < 4.78 is 0. The molecule has 26 heavy (non-hydrogen) atoms. The van der Waals surface area contributed by atoms with Gasteiger partial charge in [-0.25, -0.2) is 9.97 Å². The molecule has 1 saturated heterocycles. The fourth-order valence-electron chi connectivity index (χ4n) is 3.83. The molecule has 7 heteroatoms. The molecule has 0 spiro atoms. The summed E-state index contributed by atoms with van der Waals surface area (Å²) in [5, 5.41) is 12.7. The fraction of sp³-hybridized carbons (Fsp3) is 0.421. The van der Waals surface area contributed by atoms with Crippen molar-refractivity contribution in [2.45, 2.75) is 32.7 Å². The summed E-state index contributed by atoms with van der Waals surface area (Å²) in [6.45, 7) is 5.64. The molecule has 1 atom stereocenters. The van der Waals surface area contributed by atoms with Crippen LogP contribution in [0.2, 0.25) is 0 Å². The Morgan fingerprint density at radius 2 is 2.23 bits per heavy atom. The van der Waals surface area contributed by atoms with Crippen molar-refractivity contribution < 1.29 is 9.90 Å². The van der Waals surface area contributed by atoms with E-state index < -0.39 is 0 Å². The Labute approximate surface area is 152 Å². The first-order chi connectivity index (χ1) is 12.6. The van der Waals surface area contributed by atoms with Gasteiger partial charge in [0.1, 0.15) is 11.6 Å². The Kier molecular flexibility index (Phi) is 4.24. The number of carbonyl (C=O) groups is 1. The van der Waals surface area contributed by atoms with Crippen molar-refractivity contribution in [2.75, 3.05) is 34.8 Å². The molecule has 136 valence electrons. The molecule has 2 aliphatic rings. The zero-order chi connectivity index (χ0) is 18.3. The number of aliphatic hydroxyl groups excluding tert-OH is 1. The Balaban J connectivity index is 1.87. The summed E-state index contributed by atoms with van der Waals surface area (Å²) in [6.07, 6.45) is 3.70. The van der Waals surface area contributed by atoms with Crippen molar-refractivity contribution in [3.8, 4) is 0 Å². The molecule has 0 aromatic carbocycles. The molecular weight excluding hydrogens is 330 g/mol. The van der Waals surface area contributed by atoms with Crippen molar-refractivity contribution in [1.29, 1.82) is 0 Å². The lowest BCUT2D eigenvalue weighted by Crippen LogP contribution is -2.33. The Morgan fingerprint density at radius 3 is 3.00 bits per heavy atom. The second-order valence-electron chi connectivity index (χ2n) is 6.74. The van der Waals surface area contributed by atoms with Crippen molar-refractivity contribution in [2.24, 2.45) is 0 Å². The third kappa shape index (κ3) is 2.59. The van der Waals surface area contributed by atoms with Gasteiger partial charge in [-0.3, -0.25) is 4.79 Å². The molecule has 1 fully saturated rings. The highest BCUT2D eigenvalue weighted by molar-refractivity contribution is 6.11. The smallest absolute Gasteiger partial charge is 0.259 e. The molecule has 0 aliphatic carbocycles. The molecular formula is C19H23N5O2. The van der Waals surface area contributed by atoms with Crippen LogP contribution in [0.1, 0.15) is 35.7 Å². The number of aliphatic hydroxyl groups is 1. The summed E-state index contributed by atoms with van der Waals surface area (Å²) in [4.78, 5) is 26.1. The van der Waals surface area contributed by atoms with Gasteiger partial charge in [-0.15, -0.1) is 0 Å². The van der Waals surface area contributed by atoms with Crippen LogP contribution in [0.5, 0.6) is 0 Å². The summed E-state index contributed by atoms with van der Waals surface area (Å²) >= 11 is 0. The standard InChI is InChI=1S/C19H23N5O2/c1-3-23-17-14(7-4-8-20-17)19(26)22-16-12(2)10-15(21-18(16)23)24-9-5-6-13(24)11-25/h4,7-8,10,13,25H,3,5-6,9,11H2,1-2H3,(H,22,26)/t13-/m0/s1. The molecule has 7 nitrogen and oxygen atoms in total. The number of hydrogen-bond acceptors (Lipinski definition) is 6. The van der Waals surface area contributed by atoms with Crippen LogP contribution >= 0.6 is 0 Å². The molecule has 0 bridgehead atoms. The number of nitrogens with one attached hydrogen (secondary N) is 1.